The number of hydrogen-bond acceptors (Lipinski definition) is 10. The number of allylic oxidation sites excluding steroid dienone is 2. The number of hydrogen-bond donors (Lipinski definition) is 8. The number of nitrogens with one attached hydrogen (secondary N) is 1. The lowest BCUT2D eigenvalue weighted by atomic mass is 9.98. The molecule has 0 aromatic rings. The second kappa shape index (κ2) is 51.6. The van der Waals surface area contributed by atoms with Gasteiger partial charge in [0.1, 0.15) is 36.6 Å². The van der Waals surface area contributed by atoms with Gasteiger partial charge in [0.25, 0.3) is 0 Å². The van der Waals surface area contributed by atoms with Crippen LogP contribution in [0.25, 0.3) is 0 Å². The Bertz CT molecular complexity index is 1190. The van der Waals surface area contributed by atoms with Gasteiger partial charge in [-0.3, -0.25) is 4.79 Å². The average Bonchev–Trinajstić information content (AvgIpc) is 3.39. The first-order valence-corrected chi connectivity index (χ1v) is 31.6. The summed E-state index contributed by atoms with van der Waals surface area (Å²) in [5, 5.41) is 76.2. The van der Waals surface area contributed by atoms with E-state index < -0.39 is 74.2 Å². The summed E-state index contributed by atoms with van der Waals surface area (Å²) in [7, 11) is 0. The van der Waals surface area contributed by atoms with Gasteiger partial charge in [0, 0.05) is 0 Å². The van der Waals surface area contributed by atoms with Gasteiger partial charge in [-0.1, -0.05) is 283 Å². The van der Waals surface area contributed by atoms with E-state index in [2.05, 4.69) is 31.3 Å². The van der Waals surface area contributed by atoms with E-state index in [1.54, 1.807) is 0 Å². The molecule has 1 heterocycles. The fourth-order valence-corrected chi connectivity index (χ4v) is 10.4. The SMILES string of the molecule is CCCCCCCCCCCCCCCCCCCCCCCCCC/C=C/CCCC(O)C(O)C(COC1OC(CO)C(O)C(O)C1O)NC(=O)C(O)CCCCCCCCCCCCCCCCCCC. The molecule has 0 aliphatic carbocycles. The Labute approximate surface area is 449 Å². The molecule has 11 heteroatoms. The van der Waals surface area contributed by atoms with Gasteiger partial charge in [0.15, 0.2) is 6.29 Å². The molecule has 9 unspecified atom stereocenters. The van der Waals surface area contributed by atoms with Crippen molar-refractivity contribution in [1.82, 2.24) is 5.32 Å². The molecule has 1 saturated heterocycles. The molecule has 0 aromatic heterocycles. The summed E-state index contributed by atoms with van der Waals surface area (Å²) >= 11 is 0. The number of amides is 1. The Kier molecular flexibility index (Phi) is 49.4. The molecule has 1 amide bonds. The van der Waals surface area contributed by atoms with E-state index in [-0.39, 0.29) is 12.8 Å². The smallest absolute Gasteiger partial charge is 0.249 e. The van der Waals surface area contributed by atoms with Crippen molar-refractivity contribution >= 4 is 5.91 Å². The standard InChI is InChI=1S/C62H121NO10/c1-3-5-7-9-11-13-15-17-19-21-22-23-24-25-26-27-28-29-30-31-32-34-35-37-39-41-43-45-47-49-54(65)57(67)53(52-72-62-60(70)59(69)58(68)56(51-64)73-62)63-61(71)55(66)50-48-46-44-42-40-38-36-33-20-18-16-14-12-10-8-6-4-2/h41,43,53-60,62,64-70H,3-40,42,44-52H2,1-2H3,(H,63,71)/b43-41+. The van der Waals surface area contributed by atoms with Gasteiger partial charge < -0.3 is 50.5 Å². The van der Waals surface area contributed by atoms with Gasteiger partial charge in [-0.05, 0) is 38.5 Å². The number of carbonyl (C=O) groups is 1. The van der Waals surface area contributed by atoms with E-state index in [9.17, 15) is 40.5 Å². The van der Waals surface area contributed by atoms with E-state index in [1.165, 1.54) is 231 Å². The van der Waals surface area contributed by atoms with Crippen molar-refractivity contribution in [2.45, 2.75) is 364 Å². The molecule has 1 rings (SSSR count). The Morgan fingerprint density at radius 2 is 0.808 bits per heavy atom. The highest BCUT2D eigenvalue weighted by molar-refractivity contribution is 5.80. The molecular formula is C62H121NO10. The molecule has 73 heavy (non-hydrogen) atoms. The van der Waals surface area contributed by atoms with Crippen molar-refractivity contribution in [3.05, 3.63) is 12.2 Å². The van der Waals surface area contributed by atoms with Crippen molar-refractivity contribution in [2.75, 3.05) is 13.2 Å². The van der Waals surface area contributed by atoms with E-state index in [1.807, 2.05) is 0 Å². The highest BCUT2D eigenvalue weighted by atomic mass is 16.7. The molecule has 0 radical (unpaired) electrons. The Morgan fingerprint density at radius 3 is 1.18 bits per heavy atom. The highest BCUT2D eigenvalue weighted by Crippen LogP contribution is 2.24. The third-order valence-corrected chi connectivity index (χ3v) is 15.6. The Balaban J connectivity index is 2.24. The molecule has 1 aliphatic rings. The van der Waals surface area contributed by atoms with Crippen molar-refractivity contribution in [3.8, 4) is 0 Å². The first-order valence-electron chi connectivity index (χ1n) is 31.6. The maximum atomic E-state index is 13.2. The lowest BCUT2D eigenvalue weighted by Crippen LogP contribution is -2.60. The van der Waals surface area contributed by atoms with E-state index >= 15 is 0 Å². The van der Waals surface area contributed by atoms with Gasteiger partial charge in [-0.2, -0.15) is 0 Å². The summed E-state index contributed by atoms with van der Waals surface area (Å²) in [6.45, 7) is 3.49. The molecule has 1 aliphatic heterocycles. The molecule has 434 valence electrons. The van der Waals surface area contributed by atoms with Crippen LogP contribution >= 0.6 is 0 Å². The second-order valence-corrected chi connectivity index (χ2v) is 22.5. The molecule has 0 saturated carbocycles. The van der Waals surface area contributed by atoms with Gasteiger partial charge >= 0.3 is 0 Å². The number of aliphatic hydroxyl groups excluding tert-OH is 7. The van der Waals surface area contributed by atoms with Crippen LogP contribution in [0.2, 0.25) is 0 Å². The number of aliphatic hydroxyl groups is 7. The second-order valence-electron chi connectivity index (χ2n) is 22.5. The third-order valence-electron chi connectivity index (χ3n) is 15.6. The molecule has 1 fully saturated rings. The van der Waals surface area contributed by atoms with Crippen LogP contribution in [0.5, 0.6) is 0 Å². The Hall–Kier alpha value is -1.15. The first-order chi connectivity index (χ1) is 35.7. The van der Waals surface area contributed by atoms with Crippen LogP contribution in [0.15, 0.2) is 12.2 Å². The fourth-order valence-electron chi connectivity index (χ4n) is 10.4. The largest absolute Gasteiger partial charge is 0.394 e. The number of rotatable bonds is 55. The summed E-state index contributed by atoms with van der Waals surface area (Å²) in [5.74, 6) is -0.700. The third kappa shape index (κ3) is 39.8. The summed E-state index contributed by atoms with van der Waals surface area (Å²) in [6, 6.07) is -1.18. The van der Waals surface area contributed by atoms with Gasteiger partial charge in [0.05, 0.1) is 25.4 Å². The van der Waals surface area contributed by atoms with Crippen LogP contribution in [0.1, 0.15) is 309 Å². The van der Waals surface area contributed by atoms with Crippen LogP contribution in [0, 0.1) is 0 Å². The quantitative estimate of drug-likeness (QED) is 0.0215. The molecule has 0 aromatic carbocycles. The maximum Gasteiger partial charge on any atom is 0.249 e. The Morgan fingerprint density at radius 1 is 0.466 bits per heavy atom. The number of carbonyl (C=O) groups excluding carboxylic acids is 1. The van der Waals surface area contributed by atoms with E-state index in [4.69, 9.17) is 9.47 Å². The van der Waals surface area contributed by atoms with Crippen molar-refractivity contribution in [2.24, 2.45) is 0 Å². The number of ether oxygens (including phenoxy) is 2. The van der Waals surface area contributed by atoms with Crippen LogP contribution in [-0.2, 0) is 14.3 Å². The summed E-state index contributed by atoms with van der Waals surface area (Å²) in [6.07, 6.45) is 50.0. The van der Waals surface area contributed by atoms with Crippen molar-refractivity contribution < 1.29 is 50.0 Å². The molecule has 11 nitrogen and oxygen atoms in total. The predicted molar refractivity (Wildman–Crippen MR) is 303 cm³/mol. The van der Waals surface area contributed by atoms with Gasteiger partial charge in [-0.15, -0.1) is 0 Å². The van der Waals surface area contributed by atoms with Crippen molar-refractivity contribution in [3.63, 3.8) is 0 Å². The summed E-state index contributed by atoms with van der Waals surface area (Å²) in [4.78, 5) is 13.2. The predicted octanol–water partition coefficient (Wildman–Crippen LogP) is 13.9. The lowest BCUT2D eigenvalue weighted by molar-refractivity contribution is -0.303. The highest BCUT2D eigenvalue weighted by Gasteiger charge is 2.44. The zero-order valence-electron chi connectivity index (χ0n) is 47.6. The fraction of sp³-hybridized carbons (Fsp3) is 0.952. The monoisotopic (exact) mass is 1040 g/mol. The first kappa shape index (κ1) is 69.9. The molecule has 8 N–H and O–H groups in total. The minimum Gasteiger partial charge on any atom is -0.394 e. The zero-order valence-corrected chi connectivity index (χ0v) is 47.6. The number of unbranched alkanes of at least 4 members (excludes halogenated alkanes) is 41. The minimum absolute atomic E-state index is 0.259. The van der Waals surface area contributed by atoms with Crippen LogP contribution < -0.4 is 5.32 Å². The molecule has 0 spiro atoms. The maximum absolute atomic E-state index is 13.2. The summed E-state index contributed by atoms with van der Waals surface area (Å²) < 4.78 is 11.2. The molecular weight excluding hydrogens is 919 g/mol. The zero-order chi connectivity index (χ0) is 53.3. The summed E-state index contributed by atoms with van der Waals surface area (Å²) in [5.41, 5.74) is 0. The minimum atomic E-state index is -1.67. The van der Waals surface area contributed by atoms with E-state index in [0.29, 0.717) is 12.8 Å². The van der Waals surface area contributed by atoms with Gasteiger partial charge in [-0.25, -0.2) is 0 Å². The van der Waals surface area contributed by atoms with Crippen LogP contribution in [-0.4, -0.2) is 110 Å². The lowest BCUT2D eigenvalue weighted by Gasteiger charge is -2.40. The van der Waals surface area contributed by atoms with E-state index in [0.717, 1.165) is 38.5 Å². The van der Waals surface area contributed by atoms with Crippen LogP contribution in [0.3, 0.4) is 0 Å². The van der Waals surface area contributed by atoms with Crippen molar-refractivity contribution in [1.29, 1.82) is 0 Å². The normalized spacial score (nSPS) is 19.9. The molecule has 0 bridgehead atoms. The molecule has 9 atom stereocenters. The van der Waals surface area contributed by atoms with Gasteiger partial charge in [0.2, 0.25) is 5.91 Å². The van der Waals surface area contributed by atoms with Crippen LogP contribution in [0.4, 0.5) is 0 Å². The average molecular weight is 1040 g/mol. The topological polar surface area (TPSA) is 189 Å².